The number of nitrogens with one attached hydrogen (secondary N) is 2. The van der Waals surface area contributed by atoms with Gasteiger partial charge in [0, 0.05) is 26.8 Å². The minimum atomic E-state index is -0.544. The number of anilines is 1. The number of benzene rings is 2. The molecule has 26 heavy (non-hydrogen) atoms. The first-order chi connectivity index (χ1) is 12.6. The van der Waals surface area contributed by atoms with Crippen LogP contribution in [0.25, 0.3) is 0 Å². The first-order valence-electron chi connectivity index (χ1n) is 8.05. The van der Waals surface area contributed by atoms with Crippen molar-refractivity contribution in [2.45, 2.75) is 17.6 Å². The zero-order chi connectivity index (χ0) is 18.4. The van der Waals surface area contributed by atoms with Gasteiger partial charge in [-0.25, -0.2) is 4.79 Å². The molecule has 4 nitrogen and oxygen atoms in total. The van der Waals surface area contributed by atoms with E-state index < -0.39 is 11.9 Å². The van der Waals surface area contributed by atoms with Crippen LogP contribution in [-0.4, -0.2) is 11.9 Å². The number of urea groups is 1. The number of thioether (sulfide) groups is 1. The topological polar surface area (TPSA) is 58.2 Å². The van der Waals surface area contributed by atoms with Gasteiger partial charge in [0.2, 0.25) is 0 Å². The van der Waals surface area contributed by atoms with Gasteiger partial charge >= 0.3 is 6.03 Å². The van der Waals surface area contributed by atoms with E-state index in [-0.39, 0.29) is 0 Å². The fourth-order valence-corrected chi connectivity index (χ4v) is 4.02. The average Bonchev–Trinajstić information content (AvgIpc) is 3.15. The molecule has 3 rings (SSSR count). The maximum atomic E-state index is 12.1. The van der Waals surface area contributed by atoms with E-state index in [1.165, 1.54) is 4.88 Å². The number of amides is 3. The number of carbonyl (C=O) groups excluding carboxylic acids is 2. The molecule has 6 heteroatoms. The molecule has 2 aromatic carbocycles. The summed E-state index contributed by atoms with van der Waals surface area (Å²) in [5, 5.41) is 7.10. The third-order valence-electron chi connectivity index (χ3n) is 3.69. The highest BCUT2D eigenvalue weighted by atomic mass is 32.2. The standard InChI is InChI=1S/C20H18N2O2S2/c1-14-5-2-3-7-18(14)19(23)22-20(24)21-15-8-10-16(11-9-15)26-13-17-6-4-12-25-17/h2-12H,13H2,1H3,(H2,21,22,23,24). The molecule has 3 aromatic rings. The van der Waals surface area contributed by atoms with Crippen molar-refractivity contribution in [1.82, 2.24) is 5.32 Å². The summed E-state index contributed by atoms with van der Waals surface area (Å²) in [7, 11) is 0. The normalized spacial score (nSPS) is 10.3. The summed E-state index contributed by atoms with van der Waals surface area (Å²) in [6.45, 7) is 1.83. The van der Waals surface area contributed by atoms with Crippen LogP contribution in [0, 0.1) is 6.92 Å². The van der Waals surface area contributed by atoms with Crippen LogP contribution in [0.15, 0.2) is 70.9 Å². The zero-order valence-electron chi connectivity index (χ0n) is 14.2. The minimum Gasteiger partial charge on any atom is -0.308 e. The van der Waals surface area contributed by atoms with E-state index in [0.29, 0.717) is 11.3 Å². The van der Waals surface area contributed by atoms with Crippen molar-refractivity contribution in [2.75, 3.05) is 5.32 Å². The molecule has 0 unspecified atom stereocenters. The van der Waals surface area contributed by atoms with E-state index in [1.54, 1.807) is 35.2 Å². The number of carbonyl (C=O) groups is 2. The molecule has 0 bridgehead atoms. The number of imide groups is 1. The summed E-state index contributed by atoms with van der Waals surface area (Å²) in [4.78, 5) is 26.6. The van der Waals surface area contributed by atoms with Crippen molar-refractivity contribution in [1.29, 1.82) is 0 Å². The number of hydrogen-bond donors (Lipinski definition) is 2. The van der Waals surface area contributed by atoms with Crippen LogP contribution in [0.1, 0.15) is 20.8 Å². The second kappa shape index (κ2) is 8.69. The molecule has 1 aromatic heterocycles. The van der Waals surface area contributed by atoms with Crippen LogP contribution < -0.4 is 10.6 Å². The number of hydrogen-bond acceptors (Lipinski definition) is 4. The molecule has 0 fully saturated rings. The molecule has 0 aliphatic rings. The first kappa shape index (κ1) is 18.2. The van der Waals surface area contributed by atoms with Crippen molar-refractivity contribution in [2.24, 2.45) is 0 Å². The van der Waals surface area contributed by atoms with Crippen molar-refractivity contribution >= 4 is 40.7 Å². The smallest absolute Gasteiger partial charge is 0.308 e. The lowest BCUT2D eigenvalue weighted by Gasteiger charge is -2.09. The highest BCUT2D eigenvalue weighted by Gasteiger charge is 2.12. The largest absolute Gasteiger partial charge is 0.326 e. The Labute approximate surface area is 160 Å². The predicted octanol–water partition coefficient (Wildman–Crippen LogP) is 5.31. The van der Waals surface area contributed by atoms with E-state index in [2.05, 4.69) is 22.1 Å². The predicted molar refractivity (Wildman–Crippen MR) is 108 cm³/mol. The highest BCUT2D eigenvalue weighted by molar-refractivity contribution is 7.98. The maximum Gasteiger partial charge on any atom is 0.326 e. The van der Waals surface area contributed by atoms with Gasteiger partial charge in [-0.1, -0.05) is 24.3 Å². The Morgan fingerprint density at radius 3 is 2.46 bits per heavy atom. The number of rotatable bonds is 5. The Kier molecular flexibility index (Phi) is 6.09. The fourth-order valence-electron chi connectivity index (χ4n) is 2.34. The van der Waals surface area contributed by atoms with Crippen molar-refractivity contribution in [3.05, 3.63) is 82.0 Å². The summed E-state index contributed by atoms with van der Waals surface area (Å²) >= 11 is 3.48. The maximum absolute atomic E-state index is 12.1. The molecule has 1 heterocycles. The van der Waals surface area contributed by atoms with E-state index in [0.717, 1.165) is 16.2 Å². The van der Waals surface area contributed by atoms with E-state index in [4.69, 9.17) is 0 Å². The Bertz CT molecular complexity index is 890. The van der Waals surface area contributed by atoms with Crippen LogP contribution in [0.3, 0.4) is 0 Å². The lowest BCUT2D eigenvalue weighted by Crippen LogP contribution is -2.34. The Morgan fingerprint density at radius 2 is 1.77 bits per heavy atom. The molecule has 0 radical (unpaired) electrons. The molecule has 3 amide bonds. The monoisotopic (exact) mass is 382 g/mol. The summed E-state index contributed by atoms with van der Waals surface area (Å²) in [6, 6.07) is 18.3. The summed E-state index contributed by atoms with van der Waals surface area (Å²) in [6.07, 6.45) is 0. The minimum absolute atomic E-state index is 0.413. The van der Waals surface area contributed by atoms with Crippen molar-refractivity contribution < 1.29 is 9.59 Å². The summed E-state index contributed by atoms with van der Waals surface area (Å²) in [5.74, 6) is 0.513. The van der Waals surface area contributed by atoms with Crippen molar-refractivity contribution in [3.8, 4) is 0 Å². The van der Waals surface area contributed by atoms with Gasteiger partial charge in [0.05, 0.1) is 0 Å². The summed E-state index contributed by atoms with van der Waals surface area (Å²) in [5.41, 5.74) is 1.95. The van der Waals surface area contributed by atoms with Gasteiger partial charge < -0.3 is 5.32 Å². The quantitative estimate of drug-likeness (QED) is 0.588. The third-order valence-corrected chi connectivity index (χ3v) is 5.81. The molecule has 2 N–H and O–H groups in total. The van der Waals surface area contributed by atoms with Gasteiger partial charge in [0.25, 0.3) is 5.91 Å². The van der Waals surface area contributed by atoms with Gasteiger partial charge in [-0.15, -0.1) is 23.1 Å². The highest BCUT2D eigenvalue weighted by Crippen LogP contribution is 2.26. The number of aryl methyl sites for hydroxylation is 1. The molecule has 0 spiro atoms. The van der Waals surface area contributed by atoms with Gasteiger partial charge in [-0.05, 0) is 54.3 Å². The van der Waals surface area contributed by atoms with E-state index in [1.807, 2.05) is 49.4 Å². The zero-order valence-corrected chi connectivity index (χ0v) is 15.8. The molecule has 0 atom stereocenters. The van der Waals surface area contributed by atoms with Crippen LogP contribution in [0.5, 0.6) is 0 Å². The van der Waals surface area contributed by atoms with Gasteiger partial charge in [-0.3, -0.25) is 10.1 Å². The summed E-state index contributed by atoms with van der Waals surface area (Å²) < 4.78 is 0. The van der Waals surface area contributed by atoms with Crippen LogP contribution >= 0.6 is 23.1 Å². The Hall–Kier alpha value is -2.57. The molecule has 0 aliphatic carbocycles. The van der Waals surface area contributed by atoms with Crippen molar-refractivity contribution in [3.63, 3.8) is 0 Å². The van der Waals surface area contributed by atoms with Gasteiger partial charge in [-0.2, -0.15) is 0 Å². The lowest BCUT2D eigenvalue weighted by molar-refractivity contribution is 0.0966. The molecule has 0 saturated heterocycles. The molecule has 0 aliphatic heterocycles. The van der Waals surface area contributed by atoms with Crippen LogP contribution in [0.4, 0.5) is 10.5 Å². The Balaban J connectivity index is 1.52. The van der Waals surface area contributed by atoms with Crippen LogP contribution in [0.2, 0.25) is 0 Å². The fraction of sp³-hybridized carbons (Fsp3) is 0.100. The second-order valence-corrected chi connectivity index (χ2v) is 7.70. The molecule has 0 saturated carbocycles. The van der Waals surface area contributed by atoms with Gasteiger partial charge in [0.1, 0.15) is 0 Å². The SMILES string of the molecule is Cc1ccccc1C(=O)NC(=O)Nc1ccc(SCc2cccs2)cc1. The molecular weight excluding hydrogens is 364 g/mol. The van der Waals surface area contributed by atoms with E-state index >= 15 is 0 Å². The lowest BCUT2D eigenvalue weighted by atomic mass is 10.1. The molecular formula is C20H18N2O2S2. The number of thiophene rings is 1. The van der Waals surface area contributed by atoms with E-state index in [9.17, 15) is 9.59 Å². The average molecular weight is 383 g/mol. The Morgan fingerprint density at radius 1 is 1.00 bits per heavy atom. The first-order valence-corrected chi connectivity index (χ1v) is 9.91. The van der Waals surface area contributed by atoms with Crippen LogP contribution in [-0.2, 0) is 5.75 Å². The van der Waals surface area contributed by atoms with Gasteiger partial charge in [0.15, 0.2) is 0 Å². The second-order valence-electron chi connectivity index (χ2n) is 5.62. The molecule has 132 valence electrons. The third kappa shape index (κ3) is 4.97.